The van der Waals surface area contributed by atoms with E-state index in [0.29, 0.717) is 18.1 Å². The van der Waals surface area contributed by atoms with Gasteiger partial charge in [0.25, 0.3) is 0 Å². The van der Waals surface area contributed by atoms with Crippen molar-refractivity contribution in [2.24, 2.45) is 23.2 Å². The molecule has 0 aromatic carbocycles. The molecule has 0 spiro atoms. The van der Waals surface area contributed by atoms with Gasteiger partial charge >= 0.3 is 5.97 Å². The molecule has 0 aliphatic heterocycles. The summed E-state index contributed by atoms with van der Waals surface area (Å²) in [5.74, 6) is -0.892. The van der Waals surface area contributed by atoms with Crippen molar-refractivity contribution in [1.29, 1.82) is 0 Å². The lowest BCUT2D eigenvalue weighted by Crippen LogP contribution is -2.03. The fourth-order valence-corrected chi connectivity index (χ4v) is 2.46. The zero-order chi connectivity index (χ0) is 12.6. The van der Waals surface area contributed by atoms with Crippen LogP contribution in [0, 0.1) is 23.2 Å². The van der Waals surface area contributed by atoms with E-state index in [-0.39, 0.29) is 11.3 Å². The first-order chi connectivity index (χ1) is 7.98. The molecule has 0 bridgehead atoms. The number of carbonyl (C=O) groups is 2. The average Bonchev–Trinajstić information content (AvgIpc) is 3.11. The fourth-order valence-electron chi connectivity index (χ4n) is 2.46. The maximum atomic E-state index is 11.0. The van der Waals surface area contributed by atoms with Crippen LogP contribution in [0.2, 0.25) is 0 Å². The van der Waals surface area contributed by atoms with Crippen LogP contribution in [0.3, 0.4) is 0 Å². The van der Waals surface area contributed by atoms with Gasteiger partial charge in [0.1, 0.15) is 6.29 Å². The lowest BCUT2D eigenvalue weighted by molar-refractivity contribution is -0.139. The highest BCUT2D eigenvalue weighted by atomic mass is 16.5. The lowest BCUT2D eigenvalue weighted by Gasteiger charge is -2.03. The van der Waals surface area contributed by atoms with Crippen LogP contribution in [0.5, 0.6) is 0 Å². The first-order valence-electron chi connectivity index (χ1n) is 5.98. The minimum atomic E-state index is -0.838. The molecule has 2 aliphatic rings. The summed E-state index contributed by atoms with van der Waals surface area (Å²) in [6.07, 6.45) is 4.57. The van der Waals surface area contributed by atoms with E-state index in [9.17, 15) is 9.59 Å². The average molecular weight is 238 g/mol. The number of aliphatic carboxylic acids is 1. The van der Waals surface area contributed by atoms with Gasteiger partial charge in [-0.25, -0.2) is 0 Å². The zero-order valence-corrected chi connectivity index (χ0v) is 10.2. The number of aldehydes is 1. The van der Waals surface area contributed by atoms with E-state index in [0.717, 1.165) is 6.29 Å². The Morgan fingerprint density at radius 2 is 2.06 bits per heavy atom. The van der Waals surface area contributed by atoms with E-state index in [1.165, 1.54) is 19.1 Å². The van der Waals surface area contributed by atoms with Crippen molar-refractivity contribution < 1.29 is 19.4 Å². The first-order valence-corrected chi connectivity index (χ1v) is 5.98. The summed E-state index contributed by atoms with van der Waals surface area (Å²) in [6.45, 7) is 4.38. The molecule has 0 aromatic rings. The minimum absolute atomic E-state index is 0.211. The number of carboxylic acids is 1. The molecular weight excluding hydrogens is 220 g/mol. The van der Waals surface area contributed by atoms with Gasteiger partial charge in [-0.2, -0.15) is 0 Å². The van der Waals surface area contributed by atoms with Crippen molar-refractivity contribution in [1.82, 2.24) is 0 Å². The van der Waals surface area contributed by atoms with Gasteiger partial charge < -0.3 is 9.84 Å². The maximum absolute atomic E-state index is 11.0. The molecule has 0 aromatic heterocycles. The van der Waals surface area contributed by atoms with Crippen LogP contribution in [-0.4, -0.2) is 24.0 Å². The molecule has 2 rings (SSSR count). The van der Waals surface area contributed by atoms with Gasteiger partial charge in [-0.05, 0) is 24.2 Å². The predicted octanol–water partition coefficient (Wildman–Crippen LogP) is 1.85. The van der Waals surface area contributed by atoms with Crippen molar-refractivity contribution in [2.45, 2.75) is 26.7 Å². The molecule has 17 heavy (non-hydrogen) atoms. The summed E-state index contributed by atoms with van der Waals surface area (Å²) >= 11 is 0. The smallest absolute Gasteiger partial charge is 0.307 e. The first kappa shape index (κ1) is 12.1. The number of allylic oxidation sites excluding steroid dienone is 1. The van der Waals surface area contributed by atoms with Gasteiger partial charge in [0, 0.05) is 11.5 Å². The second-order valence-electron chi connectivity index (χ2n) is 5.63. The van der Waals surface area contributed by atoms with Crippen molar-refractivity contribution in [2.75, 3.05) is 6.61 Å². The van der Waals surface area contributed by atoms with Crippen LogP contribution in [0.25, 0.3) is 0 Å². The Labute approximate surface area is 101 Å². The van der Waals surface area contributed by atoms with Crippen molar-refractivity contribution in [3.63, 3.8) is 0 Å². The highest BCUT2D eigenvalue weighted by Crippen LogP contribution is 2.61. The molecule has 94 valence electrons. The van der Waals surface area contributed by atoms with Crippen LogP contribution in [0.4, 0.5) is 0 Å². The molecule has 4 nitrogen and oxygen atoms in total. The van der Waals surface area contributed by atoms with Crippen molar-refractivity contribution in [3.05, 3.63) is 11.8 Å². The summed E-state index contributed by atoms with van der Waals surface area (Å²) in [4.78, 5) is 22.0. The molecule has 2 atom stereocenters. The quantitative estimate of drug-likeness (QED) is 0.436. The third kappa shape index (κ3) is 2.35. The van der Waals surface area contributed by atoms with Gasteiger partial charge in [0.05, 0.1) is 18.8 Å². The van der Waals surface area contributed by atoms with E-state index in [2.05, 4.69) is 0 Å². The van der Waals surface area contributed by atoms with Crippen molar-refractivity contribution >= 4 is 12.3 Å². The molecule has 2 fully saturated rings. The van der Waals surface area contributed by atoms with Gasteiger partial charge in [-0.3, -0.25) is 9.59 Å². The second-order valence-corrected chi connectivity index (χ2v) is 5.63. The maximum Gasteiger partial charge on any atom is 0.307 e. The number of ether oxygens (including phenoxy) is 1. The van der Waals surface area contributed by atoms with Crippen LogP contribution in [0.15, 0.2) is 11.8 Å². The third-order valence-corrected chi connectivity index (χ3v) is 3.84. The highest BCUT2D eigenvalue weighted by Gasteiger charge is 2.63. The van der Waals surface area contributed by atoms with Gasteiger partial charge in [-0.1, -0.05) is 13.8 Å². The third-order valence-electron chi connectivity index (χ3n) is 3.84. The van der Waals surface area contributed by atoms with Crippen LogP contribution >= 0.6 is 0 Å². The van der Waals surface area contributed by atoms with E-state index >= 15 is 0 Å². The lowest BCUT2D eigenvalue weighted by atomic mass is 10.1. The Bertz CT molecular complexity index is 366. The number of carboxylic acid groups (broad SMARTS) is 1. The van der Waals surface area contributed by atoms with Crippen LogP contribution in [-0.2, 0) is 14.3 Å². The number of rotatable bonds is 6. The summed E-state index contributed by atoms with van der Waals surface area (Å²) < 4.78 is 5.35. The highest BCUT2D eigenvalue weighted by molar-refractivity contribution is 5.83. The number of hydrogen-bond acceptors (Lipinski definition) is 3. The molecule has 0 radical (unpaired) electrons. The predicted molar refractivity (Wildman–Crippen MR) is 61.2 cm³/mol. The molecule has 2 unspecified atom stereocenters. The Hall–Kier alpha value is -1.32. The summed E-state index contributed by atoms with van der Waals surface area (Å²) in [7, 11) is 0. The Balaban J connectivity index is 1.98. The Morgan fingerprint density at radius 3 is 2.47 bits per heavy atom. The monoisotopic (exact) mass is 238 g/mol. The summed E-state index contributed by atoms with van der Waals surface area (Å²) in [5.41, 5.74) is 0.129. The van der Waals surface area contributed by atoms with E-state index in [1.807, 2.05) is 13.8 Å². The zero-order valence-electron chi connectivity index (χ0n) is 10.2. The van der Waals surface area contributed by atoms with E-state index in [4.69, 9.17) is 9.84 Å². The number of hydrogen-bond donors (Lipinski definition) is 1. The molecule has 2 saturated carbocycles. The second kappa shape index (κ2) is 4.17. The Morgan fingerprint density at radius 1 is 1.41 bits per heavy atom. The molecule has 0 saturated heterocycles. The molecule has 0 amide bonds. The fraction of sp³-hybridized carbons (Fsp3) is 0.692. The van der Waals surface area contributed by atoms with Gasteiger partial charge in [0.2, 0.25) is 0 Å². The summed E-state index contributed by atoms with van der Waals surface area (Å²) in [6, 6.07) is 0. The minimum Gasteiger partial charge on any atom is -0.500 e. The van der Waals surface area contributed by atoms with Gasteiger partial charge in [-0.15, -0.1) is 0 Å². The molecular formula is C13H18O4. The molecule has 0 heterocycles. The Kier molecular flexibility index (Phi) is 2.98. The van der Waals surface area contributed by atoms with Crippen LogP contribution < -0.4 is 0 Å². The van der Waals surface area contributed by atoms with E-state index in [1.54, 1.807) is 0 Å². The van der Waals surface area contributed by atoms with E-state index < -0.39 is 11.9 Å². The largest absolute Gasteiger partial charge is 0.500 e. The topological polar surface area (TPSA) is 63.6 Å². The SMILES string of the molecule is CC1(C)C(C(=O)O)C1/C(C=O)=C/OCC1CC1. The standard InChI is InChI=1S/C13H18O4/c1-13(2)10(11(13)12(15)16)9(5-14)7-17-6-8-3-4-8/h5,7-8,10-11H,3-4,6H2,1-2H3,(H,15,16)/b9-7+. The number of carbonyl (C=O) groups excluding carboxylic acids is 1. The van der Waals surface area contributed by atoms with Crippen molar-refractivity contribution in [3.8, 4) is 0 Å². The van der Waals surface area contributed by atoms with Gasteiger partial charge in [0.15, 0.2) is 0 Å². The molecule has 1 N–H and O–H groups in total. The van der Waals surface area contributed by atoms with Crippen LogP contribution in [0.1, 0.15) is 26.7 Å². The molecule has 2 aliphatic carbocycles. The molecule has 4 heteroatoms. The normalized spacial score (nSPS) is 30.8. The summed E-state index contributed by atoms with van der Waals surface area (Å²) in [5, 5.41) is 9.04.